The molecule has 1 amide bonds. The van der Waals surface area contributed by atoms with Crippen LogP contribution in [0.25, 0.3) is 0 Å². The molecule has 0 heterocycles. The van der Waals surface area contributed by atoms with Gasteiger partial charge in [0.25, 0.3) is 0 Å². The summed E-state index contributed by atoms with van der Waals surface area (Å²) < 4.78 is 13.3. The Hall–Kier alpha value is -1.42. The van der Waals surface area contributed by atoms with Crippen molar-refractivity contribution in [2.45, 2.75) is 39.3 Å². The molecule has 3 nitrogen and oxygen atoms in total. The van der Waals surface area contributed by atoms with Crippen LogP contribution < -0.4 is 11.1 Å². The van der Waals surface area contributed by atoms with Crippen LogP contribution in [0.3, 0.4) is 0 Å². The highest BCUT2D eigenvalue weighted by Crippen LogP contribution is 2.12. The van der Waals surface area contributed by atoms with Crippen LogP contribution in [0.5, 0.6) is 0 Å². The molecule has 0 atom stereocenters. The molecule has 0 spiro atoms. The number of benzene rings is 1. The normalized spacial score (nSPS) is 11.5. The summed E-state index contributed by atoms with van der Waals surface area (Å²) in [5.74, 6) is -0.561. The van der Waals surface area contributed by atoms with Gasteiger partial charge in [0.15, 0.2) is 0 Å². The Morgan fingerprint density at radius 3 is 2.65 bits per heavy atom. The van der Waals surface area contributed by atoms with Gasteiger partial charge in [0.2, 0.25) is 5.91 Å². The second-order valence-corrected chi connectivity index (χ2v) is 4.96. The fraction of sp³-hybridized carbons (Fsp3) is 0.462. The van der Waals surface area contributed by atoms with Gasteiger partial charge in [-0.1, -0.05) is 12.1 Å². The van der Waals surface area contributed by atoms with Crippen molar-refractivity contribution in [2.75, 3.05) is 0 Å². The molecule has 3 N–H and O–H groups in total. The Bertz CT molecular complexity index is 416. The predicted octanol–water partition coefficient (Wildman–Crippen LogP) is 1.88. The quantitative estimate of drug-likeness (QED) is 0.823. The molecule has 1 aromatic carbocycles. The molecule has 17 heavy (non-hydrogen) atoms. The molecule has 0 aliphatic rings. The van der Waals surface area contributed by atoms with E-state index in [1.54, 1.807) is 13.0 Å². The lowest BCUT2D eigenvalue weighted by atomic mass is 9.99. The van der Waals surface area contributed by atoms with E-state index in [0.717, 1.165) is 5.56 Å². The van der Waals surface area contributed by atoms with E-state index in [-0.39, 0.29) is 23.7 Å². The summed E-state index contributed by atoms with van der Waals surface area (Å²) in [6.45, 7) is 6.02. The topological polar surface area (TPSA) is 55.1 Å². The first kappa shape index (κ1) is 13.6. The van der Waals surface area contributed by atoms with Gasteiger partial charge in [-0.25, -0.2) is 4.39 Å². The number of nitrogens with one attached hydrogen (secondary N) is 1. The predicted molar refractivity (Wildman–Crippen MR) is 65.9 cm³/mol. The molecule has 0 aliphatic carbocycles. The lowest BCUT2D eigenvalue weighted by Crippen LogP contribution is -2.42. The van der Waals surface area contributed by atoms with Gasteiger partial charge in [0.05, 0.1) is 0 Å². The van der Waals surface area contributed by atoms with E-state index in [9.17, 15) is 9.18 Å². The van der Waals surface area contributed by atoms with E-state index in [0.29, 0.717) is 12.1 Å². The Balaban J connectivity index is 2.60. The second-order valence-electron chi connectivity index (χ2n) is 4.96. The smallest absolute Gasteiger partial charge is 0.219 e. The Morgan fingerprint density at radius 1 is 1.47 bits per heavy atom. The maximum absolute atomic E-state index is 13.3. The number of nitrogens with two attached hydrogens (primary N) is 1. The number of amides is 1. The summed E-state index contributed by atoms with van der Waals surface area (Å²) >= 11 is 0. The van der Waals surface area contributed by atoms with E-state index in [1.165, 1.54) is 6.07 Å². The summed E-state index contributed by atoms with van der Waals surface area (Å²) in [5, 5.41) is 3.19. The molecule has 0 bridgehead atoms. The maximum Gasteiger partial charge on any atom is 0.219 e. The Kier molecular flexibility index (Phi) is 4.23. The molecule has 0 saturated heterocycles. The van der Waals surface area contributed by atoms with Crippen molar-refractivity contribution in [3.63, 3.8) is 0 Å². The molecule has 1 aromatic rings. The highest BCUT2D eigenvalue weighted by molar-refractivity contribution is 5.74. The van der Waals surface area contributed by atoms with Gasteiger partial charge in [-0.2, -0.15) is 0 Å². The number of carbonyl (C=O) groups is 1. The molecule has 0 saturated carbocycles. The second kappa shape index (κ2) is 5.27. The SMILES string of the molecule is Cc1ccc(CNC(C)(C)CC(N)=O)cc1F. The van der Waals surface area contributed by atoms with Crippen LogP contribution in [0.2, 0.25) is 0 Å². The molecule has 0 radical (unpaired) electrons. The van der Waals surface area contributed by atoms with Crippen LogP contribution in [0.4, 0.5) is 4.39 Å². The summed E-state index contributed by atoms with van der Waals surface area (Å²) in [6, 6.07) is 5.11. The van der Waals surface area contributed by atoms with Crippen molar-refractivity contribution in [2.24, 2.45) is 5.73 Å². The van der Waals surface area contributed by atoms with Crippen LogP contribution in [0.15, 0.2) is 18.2 Å². The van der Waals surface area contributed by atoms with Crippen LogP contribution in [-0.4, -0.2) is 11.4 Å². The third-order valence-corrected chi connectivity index (χ3v) is 2.62. The number of aryl methyl sites for hydroxylation is 1. The van der Waals surface area contributed by atoms with Gasteiger partial charge in [-0.3, -0.25) is 4.79 Å². The zero-order valence-electron chi connectivity index (χ0n) is 10.5. The number of hydrogen-bond acceptors (Lipinski definition) is 2. The molecule has 1 rings (SSSR count). The highest BCUT2D eigenvalue weighted by Gasteiger charge is 2.19. The first-order valence-electron chi connectivity index (χ1n) is 5.58. The molecular weight excluding hydrogens is 219 g/mol. The summed E-state index contributed by atoms with van der Waals surface area (Å²) in [4.78, 5) is 10.8. The first-order chi connectivity index (χ1) is 7.80. The number of primary amides is 1. The number of hydrogen-bond donors (Lipinski definition) is 2. The van der Waals surface area contributed by atoms with Crippen LogP contribution in [0, 0.1) is 12.7 Å². The Morgan fingerprint density at radius 2 is 2.12 bits per heavy atom. The maximum atomic E-state index is 13.3. The van der Waals surface area contributed by atoms with E-state index in [2.05, 4.69) is 5.32 Å². The molecule has 94 valence electrons. The van der Waals surface area contributed by atoms with E-state index in [1.807, 2.05) is 19.9 Å². The third kappa shape index (κ3) is 4.53. The number of halogens is 1. The van der Waals surface area contributed by atoms with Gasteiger partial charge in [-0.15, -0.1) is 0 Å². The minimum Gasteiger partial charge on any atom is -0.370 e. The average Bonchev–Trinajstić information content (AvgIpc) is 2.18. The van der Waals surface area contributed by atoms with Gasteiger partial charge < -0.3 is 11.1 Å². The molecule has 4 heteroatoms. The molecule has 0 aromatic heterocycles. The number of carbonyl (C=O) groups excluding carboxylic acids is 1. The minimum atomic E-state index is -0.382. The lowest BCUT2D eigenvalue weighted by Gasteiger charge is -2.25. The zero-order chi connectivity index (χ0) is 13.1. The third-order valence-electron chi connectivity index (χ3n) is 2.62. The molecule has 0 unspecified atom stereocenters. The van der Waals surface area contributed by atoms with Crippen molar-refractivity contribution in [3.05, 3.63) is 35.1 Å². The molecule has 0 aliphatic heterocycles. The van der Waals surface area contributed by atoms with Crippen molar-refractivity contribution in [1.29, 1.82) is 0 Å². The van der Waals surface area contributed by atoms with E-state index >= 15 is 0 Å². The van der Waals surface area contributed by atoms with Crippen molar-refractivity contribution in [3.8, 4) is 0 Å². The van der Waals surface area contributed by atoms with Gasteiger partial charge in [-0.05, 0) is 38.0 Å². The van der Waals surface area contributed by atoms with Crippen molar-refractivity contribution >= 4 is 5.91 Å². The standard InChI is InChI=1S/C13H19FN2O/c1-9-4-5-10(6-11(9)14)8-16-13(2,3)7-12(15)17/h4-6,16H,7-8H2,1-3H3,(H2,15,17). The molecular formula is C13H19FN2O. The zero-order valence-corrected chi connectivity index (χ0v) is 10.5. The first-order valence-corrected chi connectivity index (χ1v) is 5.58. The van der Waals surface area contributed by atoms with Gasteiger partial charge >= 0.3 is 0 Å². The van der Waals surface area contributed by atoms with Gasteiger partial charge in [0, 0.05) is 18.5 Å². The van der Waals surface area contributed by atoms with Gasteiger partial charge in [0.1, 0.15) is 5.82 Å². The van der Waals surface area contributed by atoms with E-state index < -0.39 is 0 Å². The number of rotatable bonds is 5. The van der Waals surface area contributed by atoms with Crippen LogP contribution in [0.1, 0.15) is 31.4 Å². The fourth-order valence-corrected chi connectivity index (χ4v) is 1.59. The summed E-state index contributed by atoms with van der Waals surface area (Å²) in [7, 11) is 0. The largest absolute Gasteiger partial charge is 0.370 e. The van der Waals surface area contributed by atoms with E-state index in [4.69, 9.17) is 5.73 Å². The summed E-state index contributed by atoms with van der Waals surface area (Å²) in [5.41, 5.74) is 6.25. The fourth-order valence-electron chi connectivity index (χ4n) is 1.59. The Labute approximate surface area is 101 Å². The van der Waals surface area contributed by atoms with Crippen LogP contribution >= 0.6 is 0 Å². The summed E-state index contributed by atoms with van der Waals surface area (Å²) in [6.07, 6.45) is 0.251. The lowest BCUT2D eigenvalue weighted by molar-refractivity contribution is -0.119. The monoisotopic (exact) mass is 238 g/mol. The highest BCUT2D eigenvalue weighted by atomic mass is 19.1. The van der Waals surface area contributed by atoms with Crippen LogP contribution in [-0.2, 0) is 11.3 Å². The average molecular weight is 238 g/mol. The minimum absolute atomic E-state index is 0.211. The molecule has 0 fully saturated rings. The van der Waals surface area contributed by atoms with Crippen molar-refractivity contribution in [1.82, 2.24) is 5.32 Å². The van der Waals surface area contributed by atoms with Crippen molar-refractivity contribution < 1.29 is 9.18 Å².